The van der Waals surface area contributed by atoms with Gasteiger partial charge in [0.2, 0.25) is 41.5 Å². The first-order valence-electron chi connectivity index (χ1n) is 46.9. The number of carbonyl (C=O) groups excluding carboxylic acids is 14. The molecule has 0 radical (unpaired) electrons. The molecule has 2 saturated carbocycles. The zero-order valence-electron chi connectivity index (χ0n) is 81.5. The molecular weight excluding hydrogens is 1830 g/mol. The number of methoxy groups -OCH3 is 2. The first-order valence-corrected chi connectivity index (χ1v) is 46.9. The smallest absolute Gasteiger partial charge is 0.455 e. The number of hydrogen-bond acceptors (Lipinski definition) is 34. The number of esters is 4. The van der Waals surface area contributed by atoms with Crippen LogP contribution < -0.4 is 37.6 Å². The number of rotatable bonds is 64. The second kappa shape index (κ2) is 58.3. The number of primary amides is 1. The third kappa shape index (κ3) is 34.1. The van der Waals surface area contributed by atoms with Crippen LogP contribution in [0.4, 0.5) is 10.5 Å². The Kier molecular flexibility index (Phi) is 47.5. The topological polar surface area (TPSA) is 533 Å². The van der Waals surface area contributed by atoms with E-state index in [-0.39, 0.29) is 111 Å². The predicted molar refractivity (Wildman–Crippen MR) is 498 cm³/mol. The van der Waals surface area contributed by atoms with E-state index in [2.05, 4.69) is 31.9 Å². The third-order valence-corrected chi connectivity index (χ3v) is 24.7. The third-order valence-electron chi connectivity index (χ3n) is 24.7. The minimum Gasteiger partial charge on any atom is -0.455 e. The van der Waals surface area contributed by atoms with E-state index < -0.39 is 210 Å². The highest BCUT2D eigenvalue weighted by Gasteiger charge is 2.78. The average molecular weight is 1970 g/mol. The van der Waals surface area contributed by atoms with Crippen molar-refractivity contribution >= 4 is 88.6 Å². The van der Waals surface area contributed by atoms with Crippen LogP contribution in [-0.4, -0.2) is 321 Å². The van der Waals surface area contributed by atoms with E-state index in [0.29, 0.717) is 105 Å². The summed E-state index contributed by atoms with van der Waals surface area (Å²) in [5.41, 5.74) is -1.49. The molecule has 140 heavy (non-hydrogen) atoms. The van der Waals surface area contributed by atoms with Gasteiger partial charge in [-0.1, -0.05) is 113 Å². The molecule has 1 heterocycles. The summed E-state index contributed by atoms with van der Waals surface area (Å²) in [4.78, 5) is 197. The highest BCUT2D eigenvalue weighted by molar-refractivity contribution is 6.01. The van der Waals surface area contributed by atoms with Crippen LogP contribution in [0.3, 0.4) is 0 Å². The summed E-state index contributed by atoms with van der Waals surface area (Å²) >= 11 is 0. The number of Topliss-reactive ketones (excluding diaryl/α,β-unsaturated/α-hetero) is 2. The summed E-state index contributed by atoms with van der Waals surface area (Å²) in [6, 6.07) is 23.4. The molecule has 7 amide bonds. The van der Waals surface area contributed by atoms with E-state index in [1.54, 1.807) is 96.5 Å². The zero-order chi connectivity index (χ0) is 102. The minimum absolute atomic E-state index is 0.0241. The van der Waals surface area contributed by atoms with Gasteiger partial charge in [-0.25, -0.2) is 14.4 Å². The molecule has 41 nitrogen and oxygen atoms in total. The molecule has 2 bridgehead atoms. The van der Waals surface area contributed by atoms with Gasteiger partial charge >= 0.3 is 30.0 Å². The molecule has 1 saturated heterocycles. The Morgan fingerprint density at radius 3 is 1.58 bits per heavy atom. The maximum atomic E-state index is 16.2. The summed E-state index contributed by atoms with van der Waals surface area (Å²) in [6.07, 6.45) is -10.9. The van der Waals surface area contributed by atoms with Crippen LogP contribution in [0.1, 0.15) is 145 Å². The normalized spacial score (nSPS) is 21.3. The van der Waals surface area contributed by atoms with Gasteiger partial charge in [0.1, 0.15) is 61.9 Å². The number of carbonyl (C=O) groups is 14. The van der Waals surface area contributed by atoms with Crippen molar-refractivity contribution in [1.29, 1.82) is 0 Å². The fourth-order valence-corrected chi connectivity index (χ4v) is 17.1. The number of aliphatic hydroxyl groups is 1. The van der Waals surface area contributed by atoms with Gasteiger partial charge < -0.3 is 133 Å². The monoisotopic (exact) mass is 1970 g/mol. The van der Waals surface area contributed by atoms with Gasteiger partial charge in [-0.2, -0.15) is 0 Å². The number of fused-ring (bicyclic) bond motifs is 5. The van der Waals surface area contributed by atoms with Crippen LogP contribution in [0.15, 0.2) is 126 Å². The van der Waals surface area contributed by atoms with Gasteiger partial charge in [-0.05, 0) is 104 Å². The molecule has 8 rings (SSSR count). The van der Waals surface area contributed by atoms with Gasteiger partial charge in [0, 0.05) is 75.5 Å². The summed E-state index contributed by atoms with van der Waals surface area (Å²) in [5.74, 6) is -14.0. The highest BCUT2D eigenvalue weighted by Crippen LogP contribution is 2.66. The van der Waals surface area contributed by atoms with E-state index in [4.69, 9.17) is 95.7 Å². The van der Waals surface area contributed by atoms with Crippen molar-refractivity contribution in [2.45, 2.75) is 180 Å². The molecule has 0 spiro atoms. The molecule has 0 aromatic heterocycles. The second-order valence-electron chi connectivity index (χ2n) is 35.0. The molecule has 41 heteroatoms. The Balaban J connectivity index is 0.899. The maximum absolute atomic E-state index is 16.2. The SMILES string of the molecule is COCCOCCOCCOCCOCCOCC(=O)NCCCC[C@H](NC(=O)COCCOCCOCCOCCOCCOC)C(=O)C[C@H](C)C(=O)N[C@H](C)C(=O)N[C@H](CC(N)=O)C(=O)Nc1ccc(COC(=O)O[C@@H](C(=O)OC2C[C@@]3(O)C(OC(=O)c4ccccc4)[C@H]4[C@](C)(C(=O)[C@H](OC(C)=O)C(=C2C)C3(C)C)[C@@H](C)CC2OC[C@]24OC(C)=O)C(NC(=O)c2ccccc2)c2ccccc2)cc1. The molecule has 3 fully saturated rings. The molecule has 4 aromatic carbocycles. The Bertz CT molecular complexity index is 4710. The Labute approximate surface area is 814 Å². The fourth-order valence-electron chi connectivity index (χ4n) is 17.1. The first kappa shape index (κ1) is 114. The lowest BCUT2D eigenvalue weighted by Gasteiger charge is -2.68. The average Bonchev–Trinajstić information content (AvgIpc) is 0.666. The standard InChI is InChI=1S/C99H137N7O34/c1-63(55-76(109)74(104-81(112)61-133-54-52-131-50-48-129-46-44-127-42-40-125-38-36-123-11)29-21-22-34-101-80(111)60-132-53-51-130-49-47-128-45-43-126-41-39-124-37-35-122-10)89(114)102-66(4)90(115)105-75(57-79(100)110)92(117)103-73-32-30-69(31-33-73)59-134-95(120)138-85(83(70-23-15-12-16-24-70)106-91(116)71-25-17-13-18-26-71)94(119)137-77-58-99(121)88(139-93(118)72-27-19-14-20-28-72)86-97(9,64(2)56-78-98(86,62-135-78)140-68(6)108)87(113)84(136-67(5)107)82(65(77)3)96(99,7)8/h12-20,23-28,30-33,63-64,66,74-75,77-78,83-86,88,121H,21-22,29,34-62H2,1-11H3,(H2,100,110)(H,101,111)(H,102,114)(H,103,117)(H,104,112)(H,105,115)(H,106,116)/t63-,64-,66+,74-,75+,77?,78?,83?,84+,85+,86-,88?,97+,98-,99+/m0/s1. The van der Waals surface area contributed by atoms with Crippen molar-refractivity contribution in [3.63, 3.8) is 0 Å². The molecule has 772 valence electrons. The molecule has 4 aliphatic rings. The van der Waals surface area contributed by atoms with Gasteiger partial charge in [-0.15, -0.1) is 0 Å². The molecule has 4 aromatic rings. The van der Waals surface area contributed by atoms with Crippen LogP contribution >= 0.6 is 0 Å². The van der Waals surface area contributed by atoms with Crippen LogP contribution in [-0.2, 0) is 149 Å². The molecule has 15 atom stereocenters. The summed E-state index contributed by atoms with van der Waals surface area (Å²) in [6.45, 7) is 18.4. The highest BCUT2D eigenvalue weighted by atomic mass is 16.7. The van der Waals surface area contributed by atoms with Gasteiger partial charge in [0.05, 0.1) is 163 Å². The summed E-state index contributed by atoms with van der Waals surface area (Å²) in [7, 11) is 3.19. The predicted octanol–water partition coefficient (Wildman–Crippen LogP) is 5.00. The largest absolute Gasteiger partial charge is 0.509 e. The van der Waals surface area contributed by atoms with Crippen LogP contribution in [0.25, 0.3) is 0 Å². The number of anilines is 1. The van der Waals surface area contributed by atoms with Crippen molar-refractivity contribution in [1.82, 2.24) is 26.6 Å². The first-order chi connectivity index (χ1) is 67.1. The van der Waals surface area contributed by atoms with E-state index in [1.165, 1.54) is 81.4 Å². The van der Waals surface area contributed by atoms with E-state index in [9.17, 15) is 62.6 Å². The number of hydrogen-bond donors (Lipinski definition) is 8. The Hall–Kier alpha value is -11.2. The maximum Gasteiger partial charge on any atom is 0.509 e. The molecular formula is C99H137N7O34. The fraction of sp³-hybridized carbons (Fsp3) is 0.596. The second-order valence-corrected chi connectivity index (χ2v) is 35.0. The van der Waals surface area contributed by atoms with E-state index in [1.807, 2.05) is 0 Å². The number of ether oxygens (including phenoxy) is 19. The van der Waals surface area contributed by atoms with E-state index >= 15 is 9.59 Å². The number of ketones is 2. The lowest BCUT2D eigenvalue weighted by molar-refractivity contribution is -0.340. The van der Waals surface area contributed by atoms with Crippen molar-refractivity contribution in [3.05, 3.63) is 149 Å². The number of unbranched alkanes of at least 4 members (excludes halogenated alkanes) is 1. The number of nitrogens with one attached hydrogen (secondary N) is 6. The van der Waals surface area contributed by atoms with Crippen molar-refractivity contribution in [3.8, 4) is 0 Å². The number of amides is 7. The lowest BCUT2D eigenvalue weighted by Crippen LogP contribution is -2.80. The van der Waals surface area contributed by atoms with Crippen molar-refractivity contribution in [2.75, 3.05) is 178 Å². The molecule has 3 aliphatic carbocycles. The Morgan fingerprint density at radius 2 is 1.07 bits per heavy atom. The van der Waals surface area contributed by atoms with E-state index in [0.717, 1.165) is 13.8 Å². The number of benzene rings is 4. The van der Waals surface area contributed by atoms with Crippen molar-refractivity contribution in [2.24, 2.45) is 34.3 Å². The van der Waals surface area contributed by atoms with Crippen LogP contribution in [0.5, 0.6) is 0 Å². The molecule has 9 N–H and O–H groups in total. The lowest BCUT2D eigenvalue weighted by atomic mass is 9.43. The molecule has 1 aliphatic heterocycles. The number of nitrogens with two attached hydrogens (primary N) is 1. The van der Waals surface area contributed by atoms with Crippen molar-refractivity contribution < 1.29 is 162 Å². The van der Waals surface area contributed by atoms with Crippen LogP contribution in [0, 0.1) is 28.6 Å². The van der Waals surface area contributed by atoms with Gasteiger partial charge in [-0.3, -0.25) is 52.7 Å². The quantitative estimate of drug-likeness (QED) is 0.0125. The Morgan fingerprint density at radius 1 is 0.557 bits per heavy atom. The molecule has 4 unspecified atom stereocenters. The van der Waals surface area contributed by atoms with Gasteiger partial charge in [0.15, 0.2) is 23.3 Å². The zero-order valence-corrected chi connectivity index (χ0v) is 81.5. The summed E-state index contributed by atoms with van der Waals surface area (Å²) in [5, 5.41) is 30.1. The summed E-state index contributed by atoms with van der Waals surface area (Å²) < 4.78 is 108. The minimum atomic E-state index is -2.50. The van der Waals surface area contributed by atoms with Gasteiger partial charge in [0.25, 0.3) is 5.91 Å². The van der Waals surface area contributed by atoms with Crippen LogP contribution in [0.2, 0.25) is 0 Å².